The first-order valence-corrected chi connectivity index (χ1v) is 5.08. The molecule has 1 aromatic carbocycles. The van der Waals surface area contributed by atoms with Crippen LogP contribution in [-0.2, 0) is 6.42 Å². The Hall–Kier alpha value is -0.480. The number of halogens is 3. The standard InChI is InChI=1S/C10H11BrF2O/c1-6(5-14)2-8-9(11)3-7(12)4-10(8)13/h3-4,6,14H,2,5H2,1H3. The highest BCUT2D eigenvalue weighted by molar-refractivity contribution is 9.10. The summed E-state index contributed by atoms with van der Waals surface area (Å²) in [6.07, 6.45) is 0.392. The van der Waals surface area contributed by atoms with Gasteiger partial charge in [-0.1, -0.05) is 22.9 Å². The van der Waals surface area contributed by atoms with Crippen LogP contribution in [0.3, 0.4) is 0 Å². The molecular formula is C10H11BrF2O. The summed E-state index contributed by atoms with van der Waals surface area (Å²) < 4.78 is 26.4. The van der Waals surface area contributed by atoms with Gasteiger partial charge in [-0.15, -0.1) is 0 Å². The second kappa shape index (κ2) is 4.84. The van der Waals surface area contributed by atoms with Crippen molar-refractivity contribution < 1.29 is 13.9 Å². The maximum Gasteiger partial charge on any atom is 0.130 e. The molecule has 1 aromatic rings. The second-order valence-corrected chi connectivity index (χ2v) is 4.19. The molecule has 0 spiro atoms. The van der Waals surface area contributed by atoms with Crippen LogP contribution in [0.4, 0.5) is 8.78 Å². The van der Waals surface area contributed by atoms with E-state index in [9.17, 15) is 8.78 Å². The Kier molecular flexibility index (Phi) is 4.01. The number of benzene rings is 1. The molecule has 0 fully saturated rings. The molecule has 0 saturated heterocycles. The van der Waals surface area contributed by atoms with Crippen LogP contribution >= 0.6 is 15.9 Å². The smallest absolute Gasteiger partial charge is 0.130 e. The summed E-state index contributed by atoms with van der Waals surface area (Å²) in [6, 6.07) is 2.08. The lowest BCUT2D eigenvalue weighted by molar-refractivity contribution is 0.236. The van der Waals surface area contributed by atoms with Crippen molar-refractivity contribution in [1.82, 2.24) is 0 Å². The van der Waals surface area contributed by atoms with Crippen LogP contribution < -0.4 is 0 Å². The fourth-order valence-corrected chi connectivity index (χ4v) is 1.75. The molecule has 0 amide bonds. The van der Waals surface area contributed by atoms with Crippen molar-refractivity contribution >= 4 is 15.9 Å². The minimum Gasteiger partial charge on any atom is -0.396 e. The van der Waals surface area contributed by atoms with E-state index < -0.39 is 11.6 Å². The van der Waals surface area contributed by atoms with Crippen molar-refractivity contribution in [1.29, 1.82) is 0 Å². The summed E-state index contributed by atoms with van der Waals surface area (Å²) in [7, 11) is 0. The van der Waals surface area contributed by atoms with Crippen molar-refractivity contribution in [3.63, 3.8) is 0 Å². The highest BCUT2D eigenvalue weighted by atomic mass is 79.9. The van der Waals surface area contributed by atoms with Gasteiger partial charge in [-0.05, 0) is 18.4 Å². The van der Waals surface area contributed by atoms with E-state index in [4.69, 9.17) is 5.11 Å². The predicted octanol–water partition coefficient (Wildman–Crippen LogP) is 2.90. The maximum atomic E-state index is 13.3. The van der Waals surface area contributed by atoms with E-state index >= 15 is 0 Å². The number of rotatable bonds is 3. The Balaban J connectivity index is 2.96. The van der Waals surface area contributed by atoms with Gasteiger partial charge in [0.15, 0.2) is 0 Å². The van der Waals surface area contributed by atoms with Gasteiger partial charge in [0.2, 0.25) is 0 Å². The summed E-state index contributed by atoms with van der Waals surface area (Å²) in [5.74, 6) is -1.21. The molecule has 1 nitrogen and oxygen atoms in total. The van der Waals surface area contributed by atoms with E-state index in [1.165, 1.54) is 6.07 Å². The van der Waals surface area contributed by atoms with Gasteiger partial charge < -0.3 is 5.11 Å². The fourth-order valence-electron chi connectivity index (χ4n) is 1.18. The molecule has 1 atom stereocenters. The highest BCUT2D eigenvalue weighted by Gasteiger charge is 2.12. The van der Waals surface area contributed by atoms with Gasteiger partial charge in [0.05, 0.1) is 0 Å². The Morgan fingerprint density at radius 2 is 2.07 bits per heavy atom. The van der Waals surface area contributed by atoms with Gasteiger partial charge in [0.25, 0.3) is 0 Å². The summed E-state index contributed by atoms with van der Waals surface area (Å²) in [5.41, 5.74) is 0.410. The predicted molar refractivity (Wildman–Crippen MR) is 54.0 cm³/mol. The van der Waals surface area contributed by atoms with Crippen LogP contribution in [-0.4, -0.2) is 11.7 Å². The molecule has 0 saturated carbocycles. The van der Waals surface area contributed by atoms with Crippen LogP contribution in [0.15, 0.2) is 16.6 Å². The highest BCUT2D eigenvalue weighted by Crippen LogP contribution is 2.24. The molecule has 0 heterocycles. The molecule has 1 N–H and O–H groups in total. The van der Waals surface area contributed by atoms with E-state index in [2.05, 4.69) is 15.9 Å². The fraction of sp³-hybridized carbons (Fsp3) is 0.400. The van der Waals surface area contributed by atoms with E-state index in [0.717, 1.165) is 6.07 Å². The third-order valence-electron chi connectivity index (χ3n) is 1.97. The number of hydrogen-bond donors (Lipinski definition) is 1. The van der Waals surface area contributed by atoms with E-state index in [0.29, 0.717) is 16.5 Å². The van der Waals surface area contributed by atoms with Gasteiger partial charge in [-0.2, -0.15) is 0 Å². The summed E-state index contributed by atoms with van der Waals surface area (Å²) in [4.78, 5) is 0. The number of aliphatic hydroxyl groups excluding tert-OH is 1. The van der Waals surface area contributed by atoms with Gasteiger partial charge in [0.1, 0.15) is 11.6 Å². The van der Waals surface area contributed by atoms with Crippen LogP contribution in [0, 0.1) is 17.6 Å². The average Bonchev–Trinajstić information content (AvgIpc) is 2.10. The largest absolute Gasteiger partial charge is 0.396 e. The molecular weight excluding hydrogens is 254 g/mol. The van der Waals surface area contributed by atoms with Crippen LogP contribution in [0.1, 0.15) is 12.5 Å². The lowest BCUT2D eigenvalue weighted by Gasteiger charge is -2.10. The Morgan fingerprint density at radius 3 is 2.57 bits per heavy atom. The molecule has 14 heavy (non-hydrogen) atoms. The SMILES string of the molecule is CC(CO)Cc1c(F)cc(F)cc1Br. The Labute approximate surface area is 89.9 Å². The van der Waals surface area contributed by atoms with Gasteiger partial charge in [0, 0.05) is 22.7 Å². The molecule has 78 valence electrons. The lowest BCUT2D eigenvalue weighted by atomic mass is 10.0. The molecule has 4 heteroatoms. The van der Waals surface area contributed by atoms with Gasteiger partial charge >= 0.3 is 0 Å². The summed E-state index contributed by atoms with van der Waals surface area (Å²) in [5, 5.41) is 8.82. The molecule has 0 aliphatic heterocycles. The number of hydrogen-bond acceptors (Lipinski definition) is 1. The zero-order chi connectivity index (χ0) is 10.7. The summed E-state index contributed by atoms with van der Waals surface area (Å²) in [6.45, 7) is 1.79. The van der Waals surface area contributed by atoms with Crippen LogP contribution in [0.2, 0.25) is 0 Å². The Bertz CT molecular complexity index is 305. The molecule has 0 aliphatic carbocycles. The zero-order valence-corrected chi connectivity index (χ0v) is 9.31. The third-order valence-corrected chi connectivity index (χ3v) is 2.68. The van der Waals surface area contributed by atoms with E-state index in [-0.39, 0.29) is 12.5 Å². The van der Waals surface area contributed by atoms with Crippen LogP contribution in [0.25, 0.3) is 0 Å². The molecule has 0 aliphatic rings. The van der Waals surface area contributed by atoms with E-state index in [1.807, 2.05) is 0 Å². The van der Waals surface area contributed by atoms with Crippen molar-refractivity contribution in [2.24, 2.45) is 5.92 Å². The van der Waals surface area contributed by atoms with Gasteiger partial charge in [-0.3, -0.25) is 0 Å². The Morgan fingerprint density at radius 1 is 1.43 bits per heavy atom. The van der Waals surface area contributed by atoms with Crippen molar-refractivity contribution in [3.05, 3.63) is 33.8 Å². The minimum absolute atomic E-state index is 0.0107. The van der Waals surface area contributed by atoms with Crippen molar-refractivity contribution in [3.8, 4) is 0 Å². The topological polar surface area (TPSA) is 20.2 Å². The second-order valence-electron chi connectivity index (χ2n) is 3.34. The first kappa shape index (κ1) is 11.6. The summed E-state index contributed by atoms with van der Waals surface area (Å²) >= 11 is 3.09. The molecule has 0 aromatic heterocycles. The minimum atomic E-state index is -0.602. The normalized spacial score (nSPS) is 12.9. The third kappa shape index (κ3) is 2.75. The molecule has 1 rings (SSSR count). The average molecular weight is 265 g/mol. The zero-order valence-electron chi connectivity index (χ0n) is 7.73. The maximum absolute atomic E-state index is 13.3. The molecule has 0 bridgehead atoms. The van der Waals surface area contributed by atoms with Crippen molar-refractivity contribution in [2.45, 2.75) is 13.3 Å². The van der Waals surface area contributed by atoms with Gasteiger partial charge in [-0.25, -0.2) is 8.78 Å². The molecule has 0 radical (unpaired) electrons. The van der Waals surface area contributed by atoms with Crippen LogP contribution in [0.5, 0.6) is 0 Å². The van der Waals surface area contributed by atoms with E-state index in [1.54, 1.807) is 6.92 Å². The first-order chi connectivity index (χ1) is 6.54. The van der Waals surface area contributed by atoms with Crippen molar-refractivity contribution in [2.75, 3.05) is 6.61 Å². The lowest BCUT2D eigenvalue weighted by Crippen LogP contribution is -2.07. The molecule has 1 unspecified atom stereocenters. The first-order valence-electron chi connectivity index (χ1n) is 4.29. The number of aliphatic hydroxyl groups is 1. The quantitative estimate of drug-likeness (QED) is 0.890. The monoisotopic (exact) mass is 264 g/mol.